The number of hydrogen-bond acceptors (Lipinski definition) is 4. The van der Waals surface area contributed by atoms with E-state index in [-0.39, 0.29) is 5.91 Å². The van der Waals surface area contributed by atoms with Gasteiger partial charge in [0.05, 0.1) is 18.5 Å². The van der Waals surface area contributed by atoms with Gasteiger partial charge >= 0.3 is 0 Å². The highest BCUT2D eigenvalue weighted by Gasteiger charge is 2.11. The molecule has 0 aliphatic rings. The minimum Gasteiger partial charge on any atom is -0.459 e. The Balaban J connectivity index is 1.70. The van der Waals surface area contributed by atoms with Crippen LogP contribution in [0.2, 0.25) is 0 Å². The zero-order valence-electron chi connectivity index (χ0n) is 14.7. The fraction of sp³-hybridized carbons (Fsp3) is 0.389. The molecule has 7 heteroatoms. The zero-order chi connectivity index (χ0) is 17.9. The van der Waals surface area contributed by atoms with Crippen molar-refractivity contribution in [2.75, 3.05) is 19.6 Å². The molecule has 2 heterocycles. The van der Waals surface area contributed by atoms with Crippen LogP contribution in [0.1, 0.15) is 35.2 Å². The Kier molecular flexibility index (Phi) is 7.49. The predicted octanol–water partition coefficient (Wildman–Crippen LogP) is 1.86. The van der Waals surface area contributed by atoms with Crippen LogP contribution in [0.4, 0.5) is 0 Å². The summed E-state index contributed by atoms with van der Waals surface area (Å²) in [5, 5.41) is 9.28. The summed E-state index contributed by atoms with van der Waals surface area (Å²) in [4.78, 5) is 20.7. The van der Waals surface area contributed by atoms with Crippen LogP contribution >= 0.6 is 0 Å². The van der Waals surface area contributed by atoms with E-state index in [1.807, 2.05) is 32.0 Å². The van der Waals surface area contributed by atoms with Crippen molar-refractivity contribution in [1.29, 1.82) is 0 Å². The van der Waals surface area contributed by atoms with Crippen LogP contribution in [0.3, 0.4) is 0 Å². The number of aliphatic imine (C=N–C) groups is 1. The molecule has 1 amide bonds. The van der Waals surface area contributed by atoms with Gasteiger partial charge in [-0.1, -0.05) is 6.07 Å². The maximum atomic E-state index is 11.9. The lowest BCUT2D eigenvalue weighted by Crippen LogP contribution is -2.38. The number of nitrogens with zero attached hydrogens (tertiary/aromatic N) is 2. The number of carbonyl (C=O) groups is 1. The molecule has 7 nitrogen and oxygen atoms in total. The third-order valence-corrected chi connectivity index (χ3v) is 3.47. The lowest BCUT2D eigenvalue weighted by atomic mass is 10.2. The minimum atomic E-state index is -0.182. The van der Waals surface area contributed by atoms with Crippen molar-refractivity contribution in [2.24, 2.45) is 4.99 Å². The van der Waals surface area contributed by atoms with Gasteiger partial charge in [-0.2, -0.15) is 0 Å². The Morgan fingerprint density at radius 1 is 1.20 bits per heavy atom. The molecular formula is C18H25N5O2. The standard InChI is InChI=1S/C18H25N5O2/c1-3-19-18(23-13-15-7-4-5-9-20-15)22-11-6-10-21-17(24)16-14(2)8-12-25-16/h4-5,7-9,12H,3,6,10-11,13H2,1-2H3,(H,21,24)(H2,19,22,23). The number of carbonyl (C=O) groups excluding carboxylic acids is 1. The van der Waals surface area contributed by atoms with E-state index in [0.29, 0.717) is 25.4 Å². The summed E-state index contributed by atoms with van der Waals surface area (Å²) in [5.41, 5.74) is 1.76. The van der Waals surface area contributed by atoms with E-state index in [2.05, 4.69) is 25.9 Å². The third-order valence-electron chi connectivity index (χ3n) is 3.47. The van der Waals surface area contributed by atoms with Gasteiger partial charge in [0.1, 0.15) is 0 Å². The Bertz CT molecular complexity index is 682. The number of guanidine groups is 1. The molecule has 0 aliphatic heterocycles. The molecule has 0 fully saturated rings. The molecule has 0 saturated carbocycles. The molecule has 25 heavy (non-hydrogen) atoms. The van der Waals surface area contributed by atoms with Gasteiger partial charge in [-0.15, -0.1) is 0 Å². The fourth-order valence-corrected chi connectivity index (χ4v) is 2.18. The number of furan rings is 1. The lowest BCUT2D eigenvalue weighted by Gasteiger charge is -2.11. The number of aryl methyl sites for hydroxylation is 1. The molecule has 0 bridgehead atoms. The summed E-state index contributed by atoms with van der Waals surface area (Å²) < 4.78 is 5.16. The molecule has 2 aromatic rings. The highest BCUT2D eigenvalue weighted by Crippen LogP contribution is 2.07. The maximum absolute atomic E-state index is 11.9. The Morgan fingerprint density at radius 2 is 2.04 bits per heavy atom. The Labute approximate surface area is 147 Å². The maximum Gasteiger partial charge on any atom is 0.287 e. The second-order valence-corrected chi connectivity index (χ2v) is 5.49. The van der Waals surface area contributed by atoms with Gasteiger partial charge in [-0.25, -0.2) is 4.99 Å². The van der Waals surface area contributed by atoms with Crippen LogP contribution in [-0.4, -0.2) is 36.5 Å². The normalized spacial score (nSPS) is 11.2. The topological polar surface area (TPSA) is 91.5 Å². The van der Waals surface area contributed by atoms with E-state index in [9.17, 15) is 4.79 Å². The average Bonchev–Trinajstić information content (AvgIpc) is 3.06. The van der Waals surface area contributed by atoms with Crippen molar-refractivity contribution in [1.82, 2.24) is 20.9 Å². The van der Waals surface area contributed by atoms with Crippen molar-refractivity contribution in [3.8, 4) is 0 Å². The largest absolute Gasteiger partial charge is 0.459 e. The first-order valence-corrected chi connectivity index (χ1v) is 8.45. The molecule has 134 valence electrons. The molecule has 0 aromatic carbocycles. The molecular weight excluding hydrogens is 318 g/mol. The van der Waals surface area contributed by atoms with Crippen LogP contribution in [-0.2, 0) is 6.54 Å². The van der Waals surface area contributed by atoms with Crippen molar-refractivity contribution in [3.05, 3.63) is 53.7 Å². The number of hydrogen-bond donors (Lipinski definition) is 3. The summed E-state index contributed by atoms with van der Waals surface area (Å²) in [7, 11) is 0. The summed E-state index contributed by atoms with van der Waals surface area (Å²) in [6, 6.07) is 7.55. The number of rotatable bonds is 8. The summed E-state index contributed by atoms with van der Waals surface area (Å²) in [6.07, 6.45) is 4.06. The number of amides is 1. The zero-order valence-corrected chi connectivity index (χ0v) is 14.7. The van der Waals surface area contributed by atoms with Crippen LogP contribution in [0.15, 0.2) is 46.1 Å². The molecule has 0 aliphatic carbocycles. The first-order chi connectivity index (χ1) is 12.2. The van der Waals surface area contributed by atoms with E-state index in [0.717, 1.165) is 30.2 Å². The van der Waals surface area contributed by atoms with Crippen LogP contribution in [0.5, 0.6) is 0 Å². The van der Waals surface area contributed by atoms with Gasteiger partial charge in [0.2, 0.25) is 0 Å². The van der Waals surface area contributed by atoms with Gasteiger partial charge in [0.15, 0.2) is 11.7 Å². The molecule has 0 spiro atoms. The molecule has 0 radical (unpaired) electrons. The van der Waals surface area contributed by atoms with E-state index in [1.54, 1.807) is 12.3 Å². The van der Waals surface area contributed by atoms with Crippen LogP contribution in [0.25, 0.3) is 0 Å². The van der Waals surface area contributed by atoms with Crippen molar-refractivity contribution in [2.45, 2.75) is 26.8 Å². The first-order valence-electron chi connectivity index (χ1n) is 8.45. The van der Waals surface area contributed by atoms with Crippen molar-refractivity contribution < 1.29 is 9.21 Å². The molecule has 0 saturated heterocycles. The van der Waals surface area contributed by atoms with E-state index in [4.69, 9.17) is 4.42 Å². The van der Waals surface area contributed by atoms with Gasteiger partial charge in [0, 0.05) is 31.4 Å². The molecule has 0 unspecified atom stereocenters. The SMILES string of the molecule is CCNC(=NCc1ccccn1)NCCCNC(=O)c1occc1C. The minimum absolute atomic E-state index is 0.182. The second-order valence-electron chi connectivity index (χ2n) is 5.49. The predicted molar refractivity (Wildman–Crippen MR) is 97.5 cm³/mol. The van der Waals surface area contributed by atoms with Gasteiger partial charge in [-0.05, 0) is 38.5 Å². The highest BCUT2D eigenvalue weighted by molar-refractivity contribution is 5.92. The smallest absolute Gasteiger partial charge is 0.287 e. The van der Waals surface area contributed by atoms with E-state index < -0.39 is 0 Å². The summed E-state index contributed by atoms with van der Waals surface area (Å²) in [6.45, 7) is 6.43. The van der Waals surface area contributed by atoms with Gasteiger partial charge in [0.25, 0.3) is 5.91 Å². The Morgan fingerprint density at radius 3 is 2.72 bits per heavy atom. The average molecular weight is 343 g/mol. The van der Waals surface area contributed by atoms with Gasteiger partial charge < -0.3 is 20.4 Å². The van der Waals surface area contributed by atoms with Crippen LogP contribution < -0.4 is 16.0 Å². The number of aromatic nitrogens is 1. The number of nitrogens with one attached hydrogen (secondary N) is 3. The van der Waals surface area contributed by atoms with Crippen LogP contribution in [0, 0.1) is 6.92 Å². The summed E-state index contributed by atoms with van der Waals surface area (Å²) in [5.74, 6) is 0.929. The second kappa shape index (κ2) is 10.1. The third kappa shape index (κ3) is 6.29. The Hall–Kier alpha value is -2.83. The highest BCUT2D eigenvalue weighted by atomic mass is 16.3. The fourth-order valence-electron chi connectivity index (χ4n) is 2.18. The van der Waals surface area contributed by atoms with Crippen molar-refractivity contribution >= 4 is 11.9 Å². The quantitative estimate of drug-likeness (QED) is 0.387. The monoisotopic (exact) mass is 343 g/mol. The molecule has 3 N–H and O–H groups in total. The number of pyridine rings is 1. The van der Waals surface area contributed by atoms with E-state index in [1.165, 1.54) is 6.26 Å². The molecule has 2 rings (SSSR count). The summed E-state index contributed by atoms with van der Waals surface area (Å²) >= 11 is 0. The molecule has 2 aromatic heterocycles. The lowest BCUT2D eigenvalue weighted by molar-refractivity contribution is 0.0925. The van der Waals surface area contributed by atoms with Crippen molar-refractivity contribution in [3.63, 3.8) is 0 Å². The van der Waals surface area contributed by atoms with E-state index >= 15 is 0 Å². The molecule has 0 atom stereocenters. The first kappa shape index (κ1) is 18.5. The van der Waals surface area contributed by atoms with Gasteiger partial charge in [-0.3, -0.25) is 9.78 Å².